The summed E-state index contributed by atoms with van der Waals surface area (Å²) >= 11 is 3.51. The fourth-order valence-corrected chi connectivity index (χ4v) is 3.03. The Hall–Kier alpha value is -0.870. The first-order valence-corrected chi connectivity index (χ1v) is 7.70. The predicted molar refractivity (Wildman–Crippen MR) is 81.2 cm³/mol. The van der Waals surface area contributed by atoms with Crippen LogP contribution in [0.4, 0.5) is 0 Å². The molecule has 1 aromatic carbocycles. The van der Waals surface area contributed by atoms with Crippen LogP contribution in [0.3, 0.4) is 0 Å². The van der Waals surface area contributed by atoms with E-state index in [-0.39, 0.29) is 11.9 Å². The molecule has 2 N–H and O–H groups in total. The van der Waals surface area contributed by atoms with Crippen LogP contribution in [0.5, 0.6) is 0 Å². The largest absolute Gasteiger partial charge is 0.355 e. The molecule has 19 heavy (non-hydrogen) atoms. The van der Waals surface area contributed by atoms with Gasteiger partial charge in [0.25, 0.3) is 0 Å². The first-order chi connectivity index (χ1) is 9.10. The van der Waals surface area contributed by atoms with E-state index in [4.69, 9.17) is 0 Å². The van der Waals surface area contributed by atoms with E-state index in [1.54, 1.807) is 0 Å². The summed E-state index contributed by atoms with van der Waals surface area (Å²) in [5, 5.41) is 6.29. The molecule has 0 heterocycles. The van der Waals surface area contributed by atoms with Crippen LogP contribution < -0.4 is 10.6 Å². The molecule has 0 spiro atoms. The number of carbonyl (C=O) groups is 1. The Kier molecular flexibility index (Phi) is 4.99. The average molecular weight is 325 g/mol. The summed E-state index contributed by atoms with van der Waals surface area (Å²) in [5.74, 6) is 0.0871. The highest BCUT2D eigenvalue weighted by atomic mass is 79.9. The molecule has 3 nitrogen and oxygen atoms in total. The van der Waals surface area contributed by atoms with Gasteiger partial charge < -0.3 is 10.6 Å². The zero-order chi connectivity index (χ0) is 13.8. The summed E-state index contributed by atoms with van der Waals surface area (Å²) in [7, 11) is 0. The molecule has 4 heteroatoms. The number of likely N-dealkylation sites (N-methyl/N-ethyl adjacent to an activating group) is 1. The van der Waals surface area contributed by atoms with Crippen molar-refractivity contribution in [3.63, 3.8) is 0 Å². The van der Waals surface area contributed by atoms with Gasteiger partial charge in [0.05, 0.1) is 6.04 Å². The van der Waals surface area contributed by atoms with Crippen molar-refractivity contribution >= 4 is 21.8 Å². The van der Waals surface area contributed by atoms with Gasteiger partial charge in [-0.3, -0.25) is 4.79 Å². The first-order valence-electron chi connectivity index (χ1n) is 6.91. The van der Waals surface area contributed by atoms with Crippen LogP contribution in [-0.4, -0.2) is 24.5 Å². The zero-order valence-corrected chi connectivity index (χ0v) is 13.1. The lowest BCUT2D eigenvalue weighted by molar-refractivity contribution is -0.122. The number of halogens is 1. The van der Waals surface area contributed by atoms with Crippen LogP contribution in [-0.2, 0) is 17.6 Å². The second-order valence-electron chi connectivity index (χ2n) is 5.14. The number of carbonyl (C=O) groups excluding carboxylic acids is 1. The quantitative estimate of drug-likeness (QED) is 0.893. The fourth-order valence-electron chi connectivity index (χ4n) is 2.62. The van der Waals surface area contributed by atoms with Crippen molar-refractivity contribution in [2.24, 2.45) is 0 Å². The number of hydrogen-bond acceptors (Lipinski definition) is 2. The second kappa shape index (κ2) is 6.53. The molecule has 0 aromatic heterocycles. The van der Waals surface area contributed by atoms with Crippen molar-refractivity contribution in [2.45, 2.75) is 45.2 Å². The monoisotopic (exact) mass is 324 g/mol. The average Bonchev–Trinajstić information content (AvgIpc) is 2.39. The molecule has 2 unspecified atom stereocenters. The lowest BCUT2D eigenvalue weighted by Gasteiger charge is -2.28. The van der Waals surface area contributed by atoms with Crippen LogP contribution >= 0.6 is 15.9 Å². The Labute approximate surface area is 123 Å². The number of amides is 1. The minimum Gasteiger partial charge on any atom is -0.355 e. The molecular formula is C15H21BrN2O. The Morgan fingerprint density at radius 2 is 2.26 bits per heavy atom. The van der Waals surface area contributed by atoms with Crippen molar-refractivity contribution in [1.29, 1.82) is 0 Å². The van der Waals surface area contributed by atoms with E-state index in [9.17, 15) is 4.79 Å². The van der Waals surface area contributed by atoms with Gasteiger partial charge in [-0.05, 0) is 56.4 Å². The van der Waals surface area contributed by atoms with Crippen LogP contribution in [0.1, 0.15) is 31.4 Å². The Bertz CT molecular complexity index is 461. The number of nitrogens with one attached hydrogen (secondary N) is 2. The van der Waals surface area contributed by atoms with E-state index in [2.05, 4.69) is 44.8 Å². The highest BCUT2D eigenvalue weighted by Gasteiger charge is 2.22. The molecule has 1 aromatic rings. The lowest BCUT2D eigenvalue weighted by atomic mass is 9.88. The maximum Gasteiger partial charge on any atom is 0.236 e. The fraction of sp³-hybridized carbons (Fsp3) is 0.533. The third-order valence-corrected chi connectivity index (χ3v) is 4.12. The van der Waals surface area contributed by atoms with Crippen LogP contribution in [0.25, 0.3) is 0 Å². The number of hydrogen-bond donors (Lipinski definition) is 2. The zero-order valence-electron chi connectivity index (χ0n) is 11.5. The normalized spacial score (nSPS) is 19.6. The van der Waals surface area contributed by atoms with Gasteiger partial charge >= 0.3 is 0 Å². The summed E-state index contributed by atoms with van der Waals surface area (Å²) < 4.78 is 1.15. The van der Waals surface area contributed by atoms with E-state index >= 15 is 0 Å². The number of aryl methyl sites for hydroxylation is 1. The molecule has 1 amide bonds. The highest BCUT2D eigenvalue weighted by Crippen LogP contribution is 2.24. The molecule has 0 saturated heterocycles. The summed E-state index contributed by atoms with van der Waals surface area (Å²) in [6.45, 7) is 4.56. The predicted octanol–water partition coefficient (Wildman–Crippen LogP) is 2.42. The van der Waals surface area contributed by atoms with E-state index in [1.165, 1.54) is 11.1 Å². The Morgan fingerprint density at radius 1 is 1.47 bits per heavy atom. The molecule has 0 radical (unpaired) electrons. The molecule has 0 bridgehead atoms. The van der Waals surface area contributed by atoms with Gasteiger partial charge in [0.15, 0.2) is 0 Å². The van der Waals surface area contributed by atoms with Gasteiger partial charge in [0, 0.05) is 17.1 Å². The van der Waals surface area contributed by atoms with Crippen LogP contribution in [0, 0.1) is 0 Å². The molecule has 2 rings (SSSR count). The maximum absolute atomic E-state index is 11.7. The molecule has 0 aliphatic heterocycles. The van der Waals surface area contributed by atoms with Crippen LogP contribution in [0.2, 0.25) is 0 Å². The molecule has 0 saturated carbocycles. The summed E-state index contributed by atoms with van der Waals surface area (Å²) in [6.07, 6.45) is 3.17. The topological polar surface area (TPSA) is 41.1 Å². The standard InChI is InChI=1S/C15H21BrN2O/c1-3-17-15(19)10(2)18-14-7-5-11-8-13(16)6-4-12(11)9-14/h4,6,8,10,14,18H,3,5,7,9H2,1-2H3,(H,17,19). The number of fused-ring (bicyclic) bond motifs is 1. The minimum absolute atomic E-state index is 0.0871. The Balaban J connectivity index is 1.95. The molecule has 1 aliphatic carbocycles. The summed E-state index contributed by atoms with van der Waals surface area (Å²) in [4.78, 5) is 11.7. The maximum atomic E-state index is 11.7. The van der Waals surface area contributed by atoms with Gasteiger partial charge in [-0.15, -0.1) is 0 Å². The van der Waals surface area contributed by atoms with Crippen molar-refractivity contribution in [3.05, 3.63) is 33.8 Å². The van der Waals surface area contributed by atoms with Gasteiger partial charge in [0.2, 0.25) is 5.91 Å². The van der Waals surface area contributed by atoms with Gasteiger partial charge in [-0.2, -0.15) is 0 Å². The smallest absolute Gasteiger partial charge is 0.236 e. The Morgan fingerprint density at radius 3 is 3.00 bits per heavy atom. The van der Waals surface area contributed by atoms with E-state index < -0.39 is 0 Å². The summed E-state index contributed by atoms with van der Waals surface area (Å²) in [5.41, 5.74) is 2.83. The van der Waals surface area contributed by atoms with Crippen molar-refractivity contribution in [1.82, 2.24) is 10.6 Å². The van der Waals surface area contributed by atoms with Crippen molar-refractivity contribution in [3.8, 4) is 0 Å². The third kappa shape index (κ3) is 3.80. The highest BCUT2D eigenvalue weighted by molar-refractivity contribution is 9.10. The van der Waals surface area contributed by atoms with E-state index in [1.807, 2.05) is 13.8 Å². The molecule has 0 fully saturated rings. The molecule has 104 valence electrons. The summed E-state index contributed by atoms with van der Waals surface area (Å²) in [6, 6.07) is 6.75. The second-order valence-corrected chi connectivity index (χ2v) is 6.05. The van der Waals surface area contributed by atoms with Gasteiger partial charge in [-0.25, -0.2) is 0 Å². The van der Waals surface area contributed by atoms with Crippen LogP contribution in [0.15, 0.2) is 22.7 Å². The van der Waals surface area contributed by atoms with Crippen molar-refractivity contribution in [2.75, 3.05) is 6.54 Å². The van der Waals surface area contributed by atoms with Gasteiger partial charge in [0.1, 0.15) is 0 Å². The lowest BCUT2D eigenvalue weighted by Crippen LogP contribution is -2.48. The molecule has 1 aliphatic rings. The molecule has 2 atom stereocenters. The number of rotatable bonds is 4. The SMILES string of the molecule is CCNC(=O)C(C)NC1CCc2cc(Br)ccc2C1. The first kappa shape index (κ1) is 14.5. The van der Waals surface area contributed by atoms with Gasteiger partial charge in [-0.1, -0.05) is 22.0 Å². The van der Waals surface area contributed by atoms with Crippen molar-refractivity contribution < 1.29 is 4.79 Å². The van der Waals surface area contributed by atoms with E-state index in [0.717, 1.165) is 23.7 Å². The molecular weight excluding hydrogens is 304 g/mol. The van der Waals surface area contributed by atoms with E-state index in [0.29, 0.717) is 12.6 Å². The minimum atomic E-state index is -0.123. The number of benzene rings is 1. The third-order valence-electron chi connectivity index (χ3n) is 3.63.